The lowest BCUT2D eigenvalue weighted by atomic mass is 10.3. The van der Waals surface area contributed by atoms with Crippen LogP contribution < -0.4 is 4.74 Å². The van der Waals surface area contributed by atoms with E-state index in [1.807, 2.05) is 12.1 Å². The van der Waals surface area contributed by atoms with Crippen LogP contribution in [-0.4, -0.2) is 36.1 Å². The SMILES string of the molecule is ClCc1cc(OCCN2CCCC2)ccn1. The molecule has 0 aromatic carbocycles. The van der Waals surface area contributed by atoms with Crippen LogP contribution in [0.1, 0.15) is 18.5 Å². The molecule has 0 bridgehead atoms. The van der Waals surface area contributed by atoms with E-state index in [4.69, 9.17) is 16.3 Å². The van der Waals surface area contributed by atoms with Gasteiger partial charge in [-0.25, -0.2) is 0 Å². The average Bonchev–Trinajstić information content (AvgIpc) is 2.82. The summed E-state index contributed by atoms with van der Waals surface area (Å²) in [5.41, 5.74) is 0.861. The van der Waals surface area contributed by atoms with Gasteiger partial charge in [-0.05, 0) is 32.0 Å². The van der Waals surface area contributed by atoms with Gasteiger partial charge in [0, 0.05) is 18.8 Å². The van der Waals surface area contributed by atoms with E-state index in [-0.39, 0.29) is 0 Å². The van der Waals surface area contributed by atoms with Crippen LogP contribution in [0.3, 0.4) is 0 Å². The Hall–Kier alpha value is -0.800. The monoisotopic (exact) mass is 240 g/mol. The van der Waals surface area contributed by atoms with Crippen molar-refractivity contribution in [3.8, 4) is 5.75 Å². The standard InChI is InChI=1S/C12H17ClN2O/c13-10-11-9-12(3-4-14-11)16-8-7-15-5-1-2-6-15/h3-4,9H,1-2,5-8,10H2. The van der Waals surface area contributed by atoms with E-state index in [2.05, 4.69) is 9.88 Å². The molecule has 16 heavy (non-hydrogen) atoms. The molecule has 1 aliphatic rings. The highest BCUT2D eigenvalue weighted by atomic mass is 35.5. The van der Waals surface area contributed by atoms with Crippen molar-refractivity contribution in [2.45, 2.75) is 18.7 Å². The summed E-state index contributed by atoms with van der Waals surface area (Å²) in [6.07, 6.45) is 4.39. The first-order valence-corrected chi connectivity index (χ1v) is 6.28. The van der Waals surface area contributed by atoms with E-state index in [0.717, 1.165) is 24.6 Å². The van der Waals surface area contributed by atoms with Crippen molar-refractivity contribution in [2.75, 3.05) is 26.2 Å². The van der Waals surface area contributed by atoms with Gasteiger partial charge in [0.2, 0.25) is 0 Å². The highest BCUT2D eigenvalue weighted by Crippen LogP contribution is 2.13. The van der Waals surface area contributed by atoms with E-state index in [9.17, 15) is 0 Å². The molecular weight excluding hydrogens is 224 g/mol. The van der Waals surface area contributed by atoms with Gasteiger partial charge in [-0.2, -0.15) is 0 Å². The molecule has 3 nitrogen and oxygen atoms in total. The molecule has 88 valence electrons. The van der Waals surface area contributed by atoms with Crippen LogP contribution in [-0.2, 0) is 5.88 Å². The van der Waals surface area contributed by atoms with Gasteiger partial charge in [-0.3, -0.25) is 9.88 Å². The Morgan fingerprint density at radius 2 is 2.19 bits per heavy atom. The molecule has 0 atom stereocenters. The van der Waals surface area contributed by atoms with Crippen molar-refractivity contribution in [3.05, 3.63) is 24.0 Å². The molecule has 1 saturated heterocycles. The van der Waals surface area contributed by atoms with Crippen LogP contribution in [0.5, 0.6) is 5.75 Å². The number of halogens is 1. The van der Waals surface area contributed by atoms with E-state index in [1.165, 1.54) is 25.9 Å². The van der Waals surface area contributed by atoms with Crippen molar-refractivity contribution in [3.63, 3.8) is 0 Å². The fourth-order valence-electron chi connectivity index (χ4n) is 1.92. The summed E-state index contributed by atoms with van der Waals surface area (Å²) in [7, 11) is 0. The third kappa shape index (κ3) is 3.35. The van der Waals surface area contributed by atoms with Gasteiger partial charge in [-0.1, -0.05) is 0 Å². The Morgan fingerprint density at radius 1 is 1.38 bits per heavy atom. The summed E-state index contributed by atoms with van der Waals surface area (Å²) < 4.78 is 5.67. The molecule has 0 spiro atoms. The Bertz CT molecular complexity index is 327. The van der Waals surface area contributed by atoms with Gasteiger partial charge in [-0.15, -0.1) is 11.6 Å². The molecule has 1 aromatic rings. The zero-order chi connectivity index (χ0) is 11.2. The van der Waals surface area contributed by atoms with Crippen molar-refractivity contribution in [2.24, 2.45) is 0 Å². The lowest BCUT2D eigenvalue weighted by molar-refractivity contribution is 0.237. The number of pyridine rings is 1. The molecule has 0 radical (unpaired) electrons. The Balaban J connectivity index is 1.75. The number of ether oxygens (including phenoxy) is 1. The predicted molar refractivity (Wildman–Crippen MR) is 65.0 cm³/mol. The maximum atomic E-state index is 5.71. The summed E-state index contributed by atoms with van der Waals surface area (Å²) in [6.45, 7) is 4.18. The van der Waals surface area contributed by atoms with Crippen molar-refractivity contribution in [1.82, 2.24) is 9.88 Å². The first-order chi connectivity index (χ1) is 7.88. The third-order valence-corrected chi connectivity index (χ3v) is 3.07. The maximum Gasteiger partial charge on any atom is 0.122 e. The topological polar surface area (TPSA) is 25.4 Å². The van der Waals surface area contributed by atoms with E-state index in [1.54, 1.807) is 6.20 Å². The van der Waals surface area contributed by atoms with Crippen LogP contribution in [0, 0.1) is 0 Å². The molecule has 0 unspecified atom stereocenters. The van der Waals surface area contributed by atoms with E-state index in [0.29, 0.717) is 5.88 Å². The number of alkyl halides is 1. The first-order valence-electron chi connectivity index (χ1n) is 5.74. The Kier molecular flexibility index (Phi) is 4.43. The fourth-order valence-corrected chi connectivity index (χ4v) is 2.06. The number of nitrogens with zero attached hydrogens (tertiary/aromatic N) is 2. The Morgan fingerprint density at radius 3 is 2.94 bits per heavy atom. The second-order valence-corrected chi connectivity index (χ2v) is 4.28. The molecule has 2 rings (SSSR count). The van der Waals surface area contributed by atoms with E-state index < -0.39 is 0 Å². The summed E-state index contributed by atoms with van der Waals surface area (Å²) in [6, 6.07) is 3.77. The zero-order valence-corrected chi connectivity index (χ0v) is 10.1. The van der Waals surface area contributed by atoms with Gasteiger partial charge >= 0.3 is 0 Å². The smallest absolute Gasteiger partial charge is 0.122 e. The minimum absolute atomic E-state index is 0.434. The van der Waals surface area contributed by atoms with Crippen LogP contribution in [0.2, 0.25) is 0 Å². The highest BCUT2D eigenvalue weighted by molar-refractivity contribution is 6.16. The molecule has 0 aliphatic carbocycles. The number of hydrogen-bond acceptors (Lipinski definition) is 3. The zero-order valence-electron chi connectivity index (χ0n) is 9.36. The largest absolute Gasteiger partial charge is 0.492 e. The molecule has 1 aromatic heterocycles. The molecule has 4 heteroatoms. The second kappa shape index (κ2) is 6.06. The number of hydrogen-bond donors (Lipinski definition) is 0. The molecular formula is C12H17ClN2O. The molecule has 0 N–H and O–H groups in total. The number of aromatic nitrogens is 1. The Labute approximate surface area is 101 Å². The number of rotatable bonds is 5. The molecule has 0 amide bonds. The van der Waals surface area contributed by atoms with Gasteiger partial charge in [0.25, 0.3) is 0 Å². The molecule has 1 aliphatic heterocycles. The van der Waals surface area contributed by atoms with Crippen molar-refractivity contribution >= 4 is 11.6 Å². The van der Waals surface area contributed by atoms with Crippen LogP contribution in [0.4, 0.5) is 0 Å². The highest BCUT2D eigenvalue weighted by Gasteiger charge is 2.10. The average molecular weight is 241 g/mol. The summed E-state index contributed by atoms with van der Waals surface area (Å²) in [4.78, 5) is 6.56. The maximum absolute atomic E-state index is 5.71. The molecule has 1 fully saturated rings. The normalized spacial score (nSPS) is 16.6. The van der Waals surface area contributed by atoms with Crippen LogP contribution >= 0.6 is 11.6 Å². The first kappa shape index (κ1) is 11.7. The van der Waals surface area contributed by atoms with Gasteiger partial charge in [0.05, 0.1) is 11.6 Å². The van der Waals surface area contributed by atoms with Crippen LogP contribution in [0.15, 0.2) is 18.3 Å². The lowest BCUT2D eigenvalue weighted by Gasteiger charge is -2.14. The minimum Gasteiger partial charge on any atom is -0.492 e. The fraction of sp³-hybridized carbons (Fsp3) is 0.583. The number of likely N-dealkylation sites (tertiary alicyclic amines) is 1. The predicted octanol–water partition coefficient (Wildman–Crippen LogP) is 2.29. The van der Waals surface area contributed by atoms with Crippen molar-refractivity contribution in [1.29, 1.82) is 0 Å². The van der Waals surface area contributed by atoms with Gasteiger partial charge < -0.3 is 4.74 Å². The second-order valence-electron chi connectivity index (χ2n) is 4.01. The molecule has 2 heterocycles. The quantitative estimate of drug-likeness (QED) is 0.739. The molecule has 0 saturated carbocycles. The summed E-state index contributed by atoms with van der Waals surface area (Å²) in [5, 5.41) is 0. The van der Waals surface area contributed by atoms with E-state index >= 15 is 0 Å². The summed E-state index contributed by atoms with van der Waals surface area (Å²) in [5.74, 6) is 1.30. The van der Waals surface area contributed by atoms with Gasteiger partial charge in [0.15, 0.2) is 0 Å². The third-order valence-electron chi connectivity index (χ3n) is 2.80. The van der Waals surface area contributed by atoms with Crippen molar-refractivity contribution < 1.29 is 4.74 Å². The van der Waals surface area contributed by atoms with Gasteiger partial charge in [0.1, 0.15) is 12.4 Å². The minimum atomic E-state index is 0.434. The van der Waals surface area contributed by atoms with Crippen LogP contribution in [0.25, 0.3) is 0 Å². The lowest BCUT2D eigenvalue weighted by Crippen LogP contribution is -2.25. The summed E-state index contributed by atoms with van der Waals surface area (Å²) >= 11 is 5.71.